The van der Waals surface area contributed by atoms with Gasteiger partial charge in [0.1, 0.15) is 12.4 Å². The zero-order valence-electron chi connectivity index (χ0n) is 11.3. The Bertz CT molecular complexity index is 434. The minimum absolute atomic E-state index is 0.167. The highest BCUT2D eigenvalue weighted by molar-refractivity contribution is 7.89. The molecule has 0 saturated heterocycles. The van der Waals surface area contributed by atoms with Gasteiger partial charge >= 0.3 is 0 Å². The van der Waals surface area contributed by atoms with Crippen molar-refractivity contribution in [1.82, 2.24) is 10.0 Å². The Morgan fingerprint density at radius 1 is 1.11 bits per heavy atom. The van der Waals surface area contributed by atoms with E-state index in [9.17, 15) is 8.42 Å². The lowest BCUT2D eigenvalue weighted by Crippen LogP contribution is -2.30. The molecule has 0 aromatic heterocycles. The molecule has 19 heavy (non-hydrogen) atoms. The first-order valence-electron chi connectivity index (χ1n) is 6.44. The third kappa shape index (κ3) is 7.81. The van der Waals surface area contributed by atoms with E-state index >= 15 is 0 Å². The zero-order valence-corrected chi connectivity index (χ0v) is 12.1. The lowest BCUT2D eigenvalue weighted by molar-refractivity contribution is 0.323. The second-order valence-corrected chi connectivity index (χ2v) is 6.11. The van der Waals surface area contributed by atoms with Crippen LogP contribution >= 0.6 is 0 Å². The van der Waals surface area contributed by atoms with Crippen LogP contribution in [0.1, 0.15) is 12.8 Å². The quantitative estimate of drug-likeness (QED) is 0.629. The molecular weight excluding hydrogens is 264 g/mol. The smallest absolute Gasteiger partial charge is 0.211 e. The third-order valence-electron chi connectivity index (χ3n) is 2.53. The van der Waals surface area contributed by atoms with E-state index in [0.29, 0.717) is 19.6 Å². The average Bonchev–Trinajstić information content (AvgIpc) is 2.41. The second kappa shape index (κ2) is 8.90. The molecule has 0 fully saturated rings. The van der Waals surface area contributed by atoms with Crippen LogP contribution in [0.5, 0.6) is 5.75 Å². The Kier molecular flexibility index (Phi) is 7.47. The van der Waals surface area contributed by atoms with Gasteiger partial charge in [-0.2, -0.15) is 0 Å². The molecule has 1 aromatic carbocycles. The predicted octanol–water partition coefficient (Wildman–Crippen LogP) is 0.984. The van der Waals surface area contributed by atoms with E-state index < -0.39 is 10.0 Å². The maximum atomic E-state index is 11.6. The standard InChI is InChI=1S/C13H22N2O3S/c1-14-9-5-6-12-19(16,17)15-10-11-18-13-7-3-2-4-8-13/h2-4,7-8,14-15H,5-6,9-12H2,1H3. The maximum Gasteiger partial charge on any atom is 0.211 e. The van der Waals surface area contributed by atoms with E-state index in [2.05, 4.69) is 10.0 Å². The topological polar surface area (TPSA) is 67.4 Å². The first kappa shape index (κ1) is 15.9. The molecule has 0 aliphatic heterocycles. The Morgan fingerprint density at radius 3 is 2.53 bits per heavy atom. The molecule has 0 aliphatic carbocycles. The summed E-state index contributed by atoms with van der Waals surface area (Å²) in [6, 6.07) is 9.34. The van der Waals surface area contributed by atoms with E-state index in [4.69, 9.17) is 4.74 Å². The first-order valence-corrected chi connectivity index (χ1v) is 8.09. The van der Waals surface area contributed by atoms with Crippen molar-refractivity contribution in [1.29, 1.82) is 0 Å². The first-order chi connectivity index (χ1) is 9.14. The second-order valence-electron chi connectivity index (χ2n) is 4.19. The molecule has 0 aliphatic rings. The fraction of sp³-hybridized carbons (Fsp3) is 0.538. The molecule has 1 aromatic rings. The van der Waals surface area contributed by atoms with Crippen LogP contribution < -0.4 is 14.8 Å². The van der Waals surface area contributed by atoms with Gasteiger partial charge in [-0.05, 0) is 38.6 Å². The minimum Gasteiger partial charge on any atom is -0.492 e. The van der Waals surface area contributed by atoms with Crippen LogP contribution in [0.3, 0.4) is 0 Å². The molecule has 2 N–H and O–H groups in total. The normalized spacial score (nSPS) is 11.4. The number of rotatable bonds is 10. The van der Waals surface area contributed by atoms with Gasteiger partial charge in [0.05, 0.1) is 5.75 Å². The number of sulfonamides is 1. The van der Waals surface area contributed by atoms with Gasteiger partial charge in [-0.25, -0.2) is 13.1 Å². The van der Waals surface area contributed by atoms with Gasteiger partial charge in [-0.1, -0.05) is 18.2 Å². The predicted molar refractivity (Wildman–Crippen MR) is 76.9 cm³/mol. The minimum atomic E-state index is -3.17. The zero-order chi connectivity index (χ0) is 14.0. The van der Waals surface area contributed by atoms with Crippen molar-refractivity contribution < 1.29 is 13.2 Å². The van der Waals surface area contributed by atoms with Gasteiger partial charge in [0, 0.05) is 6.54 Å². The number of nitrogens with one attached hydrogen (secondary N) is 2. The summed E-state index contributed by atoms with van der Waals surface area (Å²) in [7, 11) is -1.32. The van der Waals surface area contributed by atoms with Crippen LogP contribution in [-0.2, 0) is 10.0 Å². The Hall–Kier alpha value is -1.11. The van der Waals surface area contributed by atoms with Gasteiger partial charge in [0.2, 0.25) is 10.0 Å². The van der Waals surface area contributed by atoms with Crippen LogP contribution in [0, 0.1) is 0 Å². The van der Waals surface area contributed by atoms with Crippen molar-refractivity contribution in [2.75, 3.05) is 32.5 Å². The van der Waals surface area contributed by atoms with E-state index in [1.54, 1.807) is 0 Å². The van der Waals surface area contributed by atoms with Crippen LogP contribution in [0.4, 0.5) is 0 Å². The average molecular weight is 286 g/mol. The fourth-order valence-electron chi connectivity index (χ4n) is 1.55. The van der Waals surface area contributed by atoms with Crippen LogP contribution in [0.15, 0.2) is 30.3 Å². The largest absolute Gasteiger partial charge is 0.492 e. The van der Waals surface area contributed by atoms with Crippen LogP contribution in [0.25, 0.3) is 0 Å². The molecule has 0 spiro atoms. The summed E-state index contributed by atoms with van der Waals surface area (Å²) >= 11 is 0. The molecule has 5 nitrogen and oxygen atoms in total. The molecule has 0 heterocycles. The van der Waals surface area contributed by atoms with E-state index in [1.165, 1.54) is 0 Å². The summed E-state index contributed by atoms with van der Waals surface area (Å²) in [4.78, 5) is 0. The Labute approximate surface area is 115 Å². The summed E-state index contributed by atoms with van der Waals surface area (Å²) < 4.78 is 31.2. The number of unbranched alkanes of at least 4 members (excludes halogenated alkanes) is 1. The summed E-state index contributed by atoms with van der Waals surface area (Å²) in [5.74, 6) is 0.913. The fourth-order valence-corrected chi connectivity index (χ4v) is 2.67. The van der Waals surface area contributed by atoms with Crippen molar-refractivity contribution in [3.05, 3.63) is 30.3 Å². The van der Waals surface area contributed by atoms with Gasteiger partial charge in [0.25, 0.3) is 0 Å². The molecular formula is C13H22N2O3S. The lowest BCUT2D eigenvalue weighted by Gasteiger charge is -2.08. The lowest BCUT2D eigenvalue weighted by atomic mass is 10.3. The molecule has 0 saturated carbocycles. The number of ether oxygens (including phenoxy) is 1. The monoisotopic (exact) mass is 286 g/mol. The van der Waals surface area contributed by atoms with E-state index in [1.807, 2.05) is 37.4 Å². The van der Waals surface area contributed by atoms with E-state index in [0.717, 1.165) is 18.7 Å². The summed E-state index contributed by atoms with van der Waals surface area (Å²) in [6.07, 6.45) is 1.52. The SMILES string of the molecule is CNCCCCS(=O)(=O)NCCOc1ccccc1. The van der Waals surface area contributed by atoms with Crippen molar-refractivity contribution in [3.63, 3.8) is 0 Å². The van der Waals surface area contributed by atoms with Gasteiger partial charge < -0.3 is 10.1 Å². The van der Waals surface area contributed by atoms with Crippen molar-refractivity contribution in [3.8, 4) is 5.75 Å². The van der Waals surface area contributed by atoms with Crippen LogP contribution in [0.2, 0.25) is 0 Å². The van der Waals surface area contributed by atoms with Crippen molar-refractivity contribution in [2.45, 2.75) is 12.8 Å². The number of hydrogen-bond acceptors (Lipinski definition) is 4. The summed E-state index contributed by atoms with van der Waals surface area (Å²) in [5, 5.41) is 2.99. The van der Waals surface area contributed by atoms with Crippen molar-refractivity contribution in [2.24, 2.45) is 0 Å². The number of hydrogen-bond donors (Lipinski definition) is 2. The highest BCUT2D eigenvalue weighted by atomic mass is 32.2. The molecule has 0 unspecified atom stereocenters. The number of para-hydroxylation sites is 1. The van der Waals surface area contributed by atoms with Gasteiger partial charge in [0.15, 0.2) is 0 Å². The van der Waals surface area contributed by atoms with Crippen LogP contribution in [-0.4, -0.2) is 40.9 Å². The highest BCUT2D eigenvalue weighted by Gasteiger charge is 2.08. The van der Waals surface area contributed by atoms with E-state index in [-0.39, 0.29) is 5.75 Å². The molecule has 6 heteroatoms. The highest BCUT2D eigenvalue weighted by Crippen LogP contribution is 2.07. The summed E-state index contributed by atoms with van der Waals surface area (Å²) in [6.45, 7) is 1.47. The molecule has 108 valence electrons. The molecule has 0 bridgehead atoms. The van der Waals surface area contributed by atoms with Gasteiger partial charge in [-0.15, -0.1) is 0 Å². The summed E-state index contributed by atoms with van der Waals surface area (Å²) in [5.41, 5.74) is 0. The Balaban J connectivity index is 2.14. The molecule has 0 atom stereocenters. The molecule has 0 radical (unpaired) electrons. The molecule has 0 amide bonds. The number of benzene rings is 1. The third-order valence-corrected chi connectivity index (χ3v) is 4.00. The van der Waals surface area contributed by atoms with Crippen molar-refractivity contribution >= 4 is 10.0 Å². The molecule has 1 rings (SSSR count). The maximum absolute atomic E-state index is 11.6. The Morgan fingerprint density at radius 2 is 1.84 bits per heavy atom. The van der Waals surface area contributed by atoms with Gasteiger partial charge in [-0.3, -0.25) is 0 Å².